The van der Waals surface area contributed by atoms with E-state index in [2.05, 4.69) is 39.8 Å². The van der Waals surface area contributed by atoms with Crippen LogP contribution in [0.5, 0.6) is 0 Å². The molecule has 0 saturated carbocycles. The highest BCUT2D eigenvalue weighted by molar-refractivity contribution is 5.77. The van der Waals surface area contributed by atoms with Gasteiger partial charge in [-0.3, -0.25) is 4.79 Å². The van der Waals surface area contributed by atoms with Crippen LogP contribution in [0.2, 0.25) is 0 Å². The minimum Gasteiger partial charge on any atom is -0.366 e. The lowest BCUT2D eigenvalue weighted by atomic mass is 9.81. The molecule has 1 amide bonds. The van der Waals surface area contributed by atoms with Crippen molar-refractivity contribution in [2.75, 3.05) is 18.4 Å². The van der Waals surface area contributed by atoms with Gasteiger partial charge >= 0.3 is 0 Å². The normalized spacial score (nSPS) is 20.5. The van der Waals surface area contributed by atoms with E-state index in [1.165, 1.54) is 17.5 Å². The van der Waals surface area contributed by atoms with Crippen molar-refractivity contribution in [1.82, 2.24) is 15.1 Å². The lowest BCUT2D eigenvalue weighted by Gasteiger charge is -2.34. The molecule has 0 bridgehead atoms. The Bertz CT molecular complexity index is 741. The number of likely N-dealkylation sites (tertiary alicyclic amines) is 1. The molecular weight excluding hydrogens is 324 g/mol. The van der Waals surface area contributed by atoms with Gasteiger partial charge in [-0.05, 0) is 61.3 Å². The molecule has 1 N–H and O–H groups in total. The van der Waals surface area contributed by atoms with Crippen molar-refractivity contribution in [1.29, 1.82) is 0 Å². The second kappa shape index (κ2) is 7.85. The van der Waals surface area contributed by atoms with Gasteiger partial charge in [-0.1, -0.05) is 24.3 Å². The fourth-order valence-electron chi connectivity index (χ4n) is 4.27. The molecule has 5 heteroatoms. The first-order valence-electron chi connectivity index (χ1n) is 9.69. The Kier molecular flexibility index (Phi) is 5.14. The molecule has 1 aliphatic carbocycles. The molecule has 2 aliphatic rings. The molecule has 26 heavy (non-hydrogen) atoms. The molecule has 1 aromatic carbocycles. The number of rotatable bonds is 4. The molecule has 2 aromatic rings. The van der Waals surface area contributed by atoms with Crippen LogP contribution in [0.3, 0.4) is 0 Å². The van der Waals surface area contributed by atoms with Crippen molar-refractivity contribution >= 4 is 11.7 Å². The van der Waals surface area contributed by atoms with Gasteiger partial charge < -0.3 is 10.2 Å². The average Bonchev–Trinajstić information content (AvgIpc) is 2.70. The third-order valence-electron chi connectivity index (χ3n) is 5.69. The van der Waals surface area contributed by atoms with E-state index in [9.17, 15) is 4.79 Å². The third kappa shape index (κ3) is 3.87. The number of aromatic nitrogens is 2. The fourth-order valence-corrected chi connectivity index (χ4v) is 4.27. The monoisotopic (exact) mass is 350 g/mol. The van der Waals surface area contributed by atoms with E-state index < -0.39 is 0 Å². The largest absolute Gasteiger partial charge is 0.366 e. The zero-order valence-electron chi connectivity index (χ0n) is 15.1. The minimum absolute atomic E-state index is 0.310. The number of nitrogens with zero attached hydrogens (tertiary/aromatic N) is 3. The molecule has 2 heterocycles. The van der Waals surface area contributed by atoms with Gasteiger partial charge in [0.25, 0.3) is 0 Å². The molecule has 1 fully saturated rings. The Morgan fingerprint density at radius 3 is 2.77 bits per heavy atom. The fraction of sp³-hybridized carbons (Fsp3) is 0.476. The summed E-state index contributed by atoms with van der Waals surface area (Å²) in [7, 11) is 0. The van der Waals surface area contributed by atoms with Crippen molar-refractivity contribution in [3.8, 4) is 0 Å². The van der Waals surface area contributed by atoms with E-state index in [0.717, 1.165) is 44.6 Å². The predicted octanol–water partition coefficient (Wildman–Crippen LogP) is 3.39. The van der Waals surface area contributed by atoms with Gasteiger partial charge in [0.05, 0.1) is 0 Å². The molecular formula is C21H26N4O. The van der Waals surface area contributed by atoms with Crippen LogP contribution in [0.4, 0.5) is 5.82 Å². The maximum absolute atomic E-state index is 12.8. The van der Waals surface area contributed by atoms with E-state index in [1.807, 2.05) is 17.0 Å². The number of hydrogen-bond donors (Lipinski definition) is 1. The molecule has 5 nitrogen and oxygen atoms in total. The van der Waals surface area contributed by atoms with Gasteiger partial charge in [0.15, 0.2) is 0 Å². The van der Waals surface area contributed by atoms with E-state index >= 15 is 0 Å². The molecule has 1 atom stereocenters. The first-order valence-corrected chi connectivity index (χ1v) is 9.69. The zero-order chi connectivity index (χ0) is 17.8. The van der Waals surface area contributed by atoms with Crippen LogP contribution in [0.25, 0.3) is 0 Å². The van der Waals surface area contributed by atoms with Crippen molar-refractivity contribution in [3.05, 3.63) is 53.7 Å². The number of fused-ring (bicyclic) bond motifs is 1. The quantitative estimate of drug-likeness (QED) is 0.918. The van der Waals surface area contributed by atoms with Crippen LogP contribution >= 0.6 is 0 Å². The summed E-state index contributed by atoms with van der Waals surface area (Å²) in [6, 6.07) is 12.8. The van der Waals surface area contributed by atoms with Gasteiger partial charge in [-0.2, -0.15) is 5.10 Å². The van der Waals surface area contributed by atoms with Crippen LogP contribution in [-0.2, 0) is 11.2 Å². The van der Waals surface area contributed by atoms with Gasteiger partial charge in [0.1, 0.15) is 5.82 Å². The average molecular weight is 350 g/mol. The highest BCUT2D eigenvalue weighted by atomic mass is 16.2. The predicted molar refractivity (Wildman–Crippen MR) is 102 cm³/mol. The first kappa shape index (κ1) is 17.0. The maximum Gasteiger partial charge on any atom is 0.223 e. The van der Waals surface area contributed by atoms with Gasteiger partial charge in [-0.25, -0.2) is 0 Å². The van der Waals surface area contributed by atoms with Crippen molar-refractivity contribution in [2.24, 2.45) is 0 Å². The Morgan fingerprint density at radius 1 is 1.12 bits per heavy atom. The summed E-state index contributed by atoms with van der Waals surface area (Å²) in [6.45, 7) is 1.65. The van der Waals surface area contributed by atoms with Crippen molar-refractivity contribution in [3.63, 3.8) is 0 Å². The maximum atomic E-state index is 12.8. The molecule has 1 saturated heterocycles. The molecule has 1 aliphatic heterocycles. The summed E-state index contributed by atoms with van der Waals surface area (Å²) >= 11 is 0. The topological polar surface area (TPSA) is 58.1 Å². The number of aryl methyl sites for hydroxylation is 1. The number of carbonyl (C=O) groups excluding carboxylic acids is 1. The van der Waals surface area contributed by atoms with Crippen LogP contribution < -0.4 is 5.32 Å². The molecule has 1 aromatic heterocycles. The van der Waals surface area contributed by atoms with Crippen molar-refractivity contribution in [2.45, 2.75) is 50.5 Å². The van der Waals surface area contributed by atoms with E-state index in [0.29, 0.717) is 24.3 Å². The highest BCUT2D eigenvalue weighted by Crippen LogP contribution is 2.34. The SMILES string of the molecule is O=C(CC1CCCc2ccccc21)N1CCC(Nc2cccnn2)CC1. The number of carbonyl (C=O) groups is 1. The second-order valence-corrected chi connectivity index (χ2v) is 7.40. The molecule has 0 spiro atoms. The highest BCUT2D eigenvalue weighted by Gasteiger charge is 2.27. The number of benzene rings is 1. The van der Waals surface area contributed by atoms with Gasteiger partial charge in [-0.15, -0.1) is 5.10 Å². The number of nitrogens with one attached hydrogen (secondary N) is 1. The molecule has 0 radical (unpaired) electrons. The first-order chi connectivity index (χ1) is 12.8. The number of piperidine rings is 1. The summed E-state index contributed by atoms with van der Waals surface area (Å²) in [5, 5.41) is 11.4. The molecule has 4 rings (SSSR count). The zero-order valence-corrected chi connectivity index (χ0v) is 15.1. The number of hydrogen-bond acceptors (Lipinski definition) is 4. The summed E-state index contributed by atoms with van der Waals surface area (Å²) in [5.41, 5.74) is 2.83. The van der Waals surface area contributed by atoms with Crippen LogP contribution in [0.15, 0.2) is 42.6 Å². The van der Waals surface area contributed by atoms with Crippen LogP contribution in [-0.4, -0.2) is 40.1 Å². The standard InChI is InChI=1S/C21H26N4O/c26-21(15-17-7-3-6-16-5-1-2-8-19(16)17)25-13-10-18(11-14-25)23-20-9-4-12-22-24-20/h1-2,4-5,8-9,12,17-18H,3,6-7,10-11,13-15H2,(H,23,24). The van der Waals surface area contributed by atoms with E-state index in [4.69, 9.17) is 0 Å². The minimum atomic E-state index is 0.310. The number of amides is 1. The second-order valence-electron chi connectivity index (χ2n) is 7.40. The third-order valence-corrected chi connectivity index (χ3v) is 5.69. The Morgan fingerprint density at radius 2 is 1.96 bits per heavy atom. The Labute approximate surface area is 154 Å². The smallest absolute Gasteiger partial charge is 0.223 e. The summed E-state index contributed by atoms with van der Waals surface area (Å²) in [4.78, 5) is 14.9. The lowest BCUT2D eigenvalue weighted by Crippen LogP contribution is -2.43. The molecule has 1 unspecified atom stereocenters. The lowest BCUT2D eigenvalue weighted by molar-refractivity contribution is -0.132. The van der Waals surface area contributed by atoms with Gasteiger partial charge in [0.2, 0.25) is 5.91 Å². The van der Waals surface area contributed by atoms with E-state index in [1.54, 1.807) is 6.20 Å². The Balaban J connectivity index is 1.30. The molecule has 136 valence electrons. The summed E-state index contributed by atoms with van der Waals surface area (Å²) in [6.07, 6.45) is 7.73. The van der Waals surface area contributed by atoms with E-state index in [-0.39, 0.29) is 0 Å². The van der Waals surface area contributed by atoms with Crippen molar-refractivity contribution < 1.29 is 4.79 Å². The Hall–Kier alpha value is -2.43. The number of anilines is 1. The summed E-state index contributed by atoms with van der Waals surface area (Å²) < 4.78 is 0. The van der Waals surface area contributed by atoms with Gasteiger partial charge in [0, 0.05) is 31.7 Å². The summed E-state index contributed by atoms with van der Waals surface area (Å²) in [5.74, 6) is 1.52. The van der Waals surface area contributed by atoms with Crippen LogP contribution in [0.1, 0.15) is 49.1 Å². The van der Waals surface area contributed by atoms with Crippen LogP contribution in [0, 0.1) is 0 Å².